The summed E-state index contributed by atoms with van der Waals surface area (Å²) >= 11 is 3.46. The van der Waals surface area contributed by atoms with Gasteiger partial charge < -0.3 is 4.98 Å². The first-order valence-corrected chi connectivity index (χ1v) is 6.21. The van der Waals surface area contributed by atoms with Gasteiger partial charge in [0, 0.05) is 5.69 Å². The molecule has 0 amide bonds. The van der Waals surface area contributed by atoms with Crippen LogP contribution in [-0.2, 0) is 12.8 Å². The Kier molecular flexibility index (Phi) is 3.44. The van der Waals surface area contributed by atoms with E-state index in [-0.39, 0.29) is 0 Å². The summed E-state index contributed by atoms with van der Waals surface area (Å²) in [7, 11) is 0. The Bertz CT molecular complexity index is 471. The van der Waals surface area contributed by atoms with Gasteiger partial charge >= 0.3 is 0 Å². The molecule has 0 spiro atoms. The first kappa shape index (κ1) is 11.4. The van der Waals surface area contributed by atoms with Gasteiger partial charge in [0.15, 0.2) is 0 Å². The Labute approximate surface area is 104 Å². The van der Waals surface area contributed by atoms with Crippen LogP contribution in [0.5, 0.6) is 0 Å². The van der Waals surface area contributed by atoms with E-state index in [9.17, 15) is 0 Å². The number of halogens is 1. The Balaban J connectivity index is 2.02. The second kappa shape index (κ2) is 4.83. The number of H-pyrrole nitrogens is 1. The molecule has 2 rings (SSSR count). The van der Waals surface area contributed by atoms with E-state index in [1.54, 1.807) is 0 Å². The molecule has 1 heterocycles. The third kappa shape index (κ3) is 2.73. The van der Waals surface area contributed by atoms with Crippen LogP contribution < -0.4 is 0 Å². The Morgan fingerprint density at radius 1 is 1.12 bits per heavy atom. The summed E-state index contributed by atoms with van der Waals surface area (Å²) in [5.41, 5.74) is 3.85. The number of hydrogen-bond donors (Lipinski definition) is 1. The molecule has 0 atom stereocenters. The van der Waals surface area contributed by atoms with Gasteiger partial charge in [-0.2, -0.15) is 0 Å². The van der Waals surface area contributed by atoms with Crippen molar-refractivity contribution in [2.24, 2.45) is 0 Å². The van der Waals surface area contributed by atoms with Crippen molar-refractivity contribution in [1.82, 2.24) is 9.97 Å². The minimum Gasteiger partial charge on any atom is -0.345 e. The zero-order chi connectivity index (χ0) is 11.5. The van der Waals surface area contributed by atoms with Gasteiger partial charge in [-0.3, -0.25) is 0 Å². The molecule has 84 valence electrons. The van der Waals surface area contributed by atoms with E-state index >= 15 is 0 Å². The van der Waals surface area contributed by atoms with Crippen molar-refractivity contribution in [3.8, 4) is 0 Å². The Morgan fingerprint density at radius 2 is 1.81 bits per heavy atom. The summed E-state index contributed by atoms with van der Waals surface area (Å²) in [6.45, 7) is 4.08. The molecule has 0 unspecified atom stereocenters. The molecular weight excluding hydrogens is 264 g/mol. The first-order chi connectivity index (χ1) is 7.65. The molecule has 16 heavy (non-hydrogen) atoms. The maximum atomic E-state index is 4.30. The number of rotatable bonds is 3. The number of benzene rings is 1. The van der Waals surface area contributed by atoms with E-state index in [2.05, 4.69) is 57.1 Å². The second-order valence-corrected chi connectivity index (χ2v) is 4.83. The van der Waals surface area contributed by atoms with E-state index in [1.165, 1.54) is 16.8 Å². The topological polar surface area (TPSA) is 28.7 Å². The highest BCUT2D eigenvalue weighted by Gasteiger charge is 2.04. The minimum absolute atomic E-state index is 0.942. The van der Waals surface area contributed by atoms with E-state index in [0.717, 1.165) is 23.3 Å². The largest absolute Gasteiger partial charge is 0.345 e. The third-order valence-electron chi connectivity index (χ3n) is 2.63. The van der Waals surface area contributed by atoms with Gasteiger partial charge in [0.2, 0.25) is 0 Å². The van der Waals surface area contributed by atoms with Gasteiger partial charge in [0.05, 0.1) is 0 Å². The van der Waals surface area contributed by atoms with Crippen molar-refractivity contribution in [3.63, 3.8) is 0 Å². The number of nitrogens with zero attached hydrogens (tertiary/aromatic N) is 1. The number of nitrogens with one attached hydrogen (secondary N) is 1. The molecule has 2 nitrogen and oxygen atoms in total. The quantitative estimate of drug-likeness (QED) is 0.914. The molecule has 1 N–H and O–H groups in total. The number of aromatic amines is 1. The third-order valence-corrected chi connectivity index (χ3v) is 3.29. The Hall–Kier alpha value is -1.09. The lowest BCUT2D eigenvalue weighted by Gasteiger charge is -2.01. The zero-order valence-electron chi connectivity index (χ0n) is 9.55. The molecule has 3 heteroatoms. The molecule has 0 aliphatic rings. The fourth-order valence-electron chi connectivity index (χ4n) is 1.70. The molecule has 0 radical (unpaired) electrons. The monoisotopic (exact) mass is 278 g/mol. The van der Waals surface area contributed by atoms with Gasteiger partial charge in [-0.25, -0.2) is 4.98 Å². The molecule has 0 saturated carbocycles. The van der Waals surface area contributed by atoms with Crippen LogP contribution in [0.1, 0.15) is 22.6 Å². The highest BCUT2D eigenvalue weighted by Crippen LogP contribution is 2.16. The number of imidazole rings is 1. The van der Waals surface area contributed by atoms with Crippen LogP contribution in [0.4, 0.5) is 0 Å². The number of aromatic nitrogens is 2. The normalized spacial score (nSPS) is 10.7. The van der Waals surface area contributed by atoms with Gasteiger partial charge in [0.25, 0.3) is 0 Å². The summed E-state index contributed by atoms with van der Waals surface area (Å²) in [5.74, 6) is 0.964. The first-order valence-electron chi connectivity index (χ1n) is 5.41. The predicted molar refractivity (Wildman–Crippen MR) is 69.6 cm³/mol. The van der Waals surface area contributed by atoms with Crippen LogP contribution in [0, 0.1) is 13.8 Å². The van der Waals surface area contributed by atoms with Gasteiger partial charge in [-0.1, -0.05) is 29.8 Å². The van der Waals surface area contributed by atoms with E-state index in [0.29, 0.717) is 0 Å². The molecule has 1 aromatic carbocycles. The Morgan fingerprint density at radius 3 is 2.38 bits per heavy atom. The predicted octanol–water partition coefficient (Wildman–Crippen LogP) is 3.57. The molecule has 0 aliphatic heterocycles. The zero-order valence-corrected chi connectivity index (χ0v) is 11.1. The number of hydrogen-bond acceptors (Lipinski definition) is 1. The number of aryl methyl sites for hydroxylation is 4. The van der Waals surface area contributed by atoms with Crippen molar-refractivity contribution in [3.05, 3.63) is 51.5 Å². The van der Waals surface area contributed by atoms with Crippen LogP contribution in [-0.4, -0.2) is 9.97 Å². The van der Waals surface area contributed by atoms with Crippen molar-refractivity contribution < 1.29 is 0 Å². The van der Waals surface area contributed by atoms with Crippen LogP contribution >= 0.6 is 15.9 Å². The molecule has 0 bridgehead atoms. The van der Waals surface area contributed by atoms with Crippen LogP contribution in [0.25, 0.3) is 0 Å². The highest BCUT2D eigenvalue weighted by molar-refractivity contribution is 9.10. The lowest BCUT2D eigenvalue weighted by atomic mass is 10.1. The van der Waals surface area contributed by atoms with Crippen molar-refractivity contribution >= 4 is 15.9 Å². The average molecular weight is 279 g/mol. The van der Waals surface area contributed by atoms with Crippen LogP contribution in [0.3, 0.4) is 0 Å². The average Bonchev–Trinajstić information content (AvgIpc) is 2.57. The molecular formula is C13H15BrN2. The SMILES string of the molecule is Cc1ccc(CCc2[nH]c(C)nc2Br)cc1. The highest BCUT2D eigenvalue weighted by atomic mass is 79.9. The van der Waals surface area contributed by atoms with E-state index < -0.39 is 0 Å². The molecule has 0 saturated heterocycles. The van der Waals surface area contributed by atoms with Crippen LogP contribution in [0.15, 0.2) is 28.9 Å². The van der Waals surface area contributed by atoms with Crippen LogP contribution in [0.2, 0.25) is 0 Å². The van der Waals surface area contributed by atoms with E-state index in [4.69, 9.17) is 0 Å². The summed E-state index contributed by atoms with van der Waals surface area (Å²) in [6.07, 6.45) is 2.03. The molecule has 1 aromatic heterocycles. The molecule has 0 fully saturated rings. The van der Waals surface area contributed by atoms with Crippen molar-refractivity contribution in [2.45, 2.75) is 26.7 Å². The minimum atomic E-state index is 0.942. The molecule has 0 aliphatic carbocycles. The second-order valence-electron chi connectivity index (χ2n) is 4.08. The lowest BCUT2D eigenvalue weighted by molar-refractivity contribution is 0.914. The smallest absolute Gasteiger partial charge is 0.127 e. The van der Waals surface area contributed by atoms with E-state index in [1.807, 2.05) is 6.92 Å². The maximum Gasteiger partial charge on any atom is 0.127 e. The summed E-state index contributed by atoms with van der Waals surface area (Å²) < 4.78 is 0.942. The summed E-state index contributed by atoms with van der Waals surface area (Å²) in [6, 6.07) is 8.68. The fraction of sp³-hybridized carbons (Fsp3) is 0.308. The maximum absolute atomic E-state index is 4.30. The standard InChI is InChI=1S/C13H15BrN2/c1-9-3-5-11(6-4-9)7-8-12-13(14)16-10(2)15-12/h3-6H,7-8H2,1-2H3,(H,15,16). The summed E-state index contributed by atoms with van der Waals surface area (Å²) in [4.78, 5) is 7.57. The van der Waals surface area contributed by atoms with Crippen molar-refractivity contribution in [2.75, 3.05) is 0 Å². The fourth-order valence-corrected chi connectivity index (χ4v) is 2.27. The lowest BCUT2D eigenvalue weighted by Crippen LogP contribution is -1.92. The molecule has 2 aromatic rings. The van der Waals surface area contributed by atoms with Gasteiger partial charge in [-0.05, 0) is 48.2 Å². The van der Waals surface area contributed by atoms with Gasteiger partial charge in [0.1, 0.15) is 10.4 Å². The summed E-state index contributed by atoms with van der Waals surface area (Å²) in [5, 5.41) is 0. The van der Waals surface area contributed by atoms with Crippen molar-refractivity contribution in [1.29, 1.82) is 0 Å². The van der Waals surface area contributed by atoms with Gasteiger partial charge in [-0.15, -0.1) is 0 Å².